The van der Waals surface area contributed by atoms with Crippen LogP contribution in [0.5, 0.6) is 0 Å². The molecular weight excluding hydrogens is 234 g/mol. The smallest absolute Gasteiger partial charge is 0.431 e. The molecular formula is C9H21NO7. The van der Waals surface area contributed by atoms with E-state index in [1.165, 1.54) is 0 Å². The molecule has 17 heavy (non-hydrogen) atoms. The third-order valence-electron chi connectivity index (χ3n) is 0.780. The van der Waals surface area contributed by atoms with Gasteiger partial charge in [-0.1, -0.05) is 0 Å². The maximum Gasteiger partial charge on any atom is 0.431 e. The number of ether oxygens (including phenoxy) is 1. The second-order valence-electron chi connectivity index (χ2n) is 3.43. The molecule has 0 rings (SSSR count). The van der Waals surface area contributed by atoms with Crippen molar-refractivity contribution >= 4 is 18.7 Å². The van der Waals surface area contributed by atoms with Crippen LogP contribution in [0.1, 0.15) is 22.2 Å². The Morgan fingerprint density at radius 3 is 2.12 bits per heavy atom. The molecule has 0 aliphatic heterocycles. The molecule has 0 aromatic heterocycles. The minimum absolute atomic E-state index is 0. The quantitative estimate of drug-likeness (QED) is 0.385. The summed E-state index contributed by atoms with van der Waals surface area (Å²) in [5.41, 5.74) is 1.39. The van der Waals surface area contributed by atoms with Gasteiger partial charge in [0, 0.05) is 1.43 Å². The Morgan fingerprint density at radius 2 is 1.82 bits per heavy atom. The van der Waals surface area contributed by atoms with E-state index >= 15 is 0 Å². The van der Waals surface area contributed by atoms with Gasteiger partial charge >= 0.3 is 6.09 Å². The molecule has 0 saturated carbocycles. The first-order valence-corrected chi connectivity index (χ1v) is 4.46. The van der Waals surface area contributed by atoms with Gasteiger partial charge in [-0.15, -0.1) is 0 Å². The van der Waals surface area contributed by atoms with Crippen LogP contribution in [0.3, 0.4) is 0 Å². The average molecular weight is 255 g/mol. The number of aliphatic hydroxyl groups excluding tert-OH is 1. The largest absolute Gasteiger partial charge is 0.442 e. The summed E-state index contributed by atoms with van der Waals surface area (Å²) < 4.78 is 4.79. The molecule has 1 amide bonds. The molecule has 8 nitrogen and oxygen atoms in total. The van der Waals surface area contributed by atoms with Crippen molar-refractivity contribution in [2.24, 2.45) is 0 Å². The van der Waals surface area contributed by atoms with Crippen molar-refractivity contribution in [3.8, 4) is 0 Å². The number of hydroxylamine groups is 1. The molecule has 104 valence electrons. The highest BCUT2D eigenvalue weighted by Gasteiger charge is 2.15. The van der Waals surface area contributed by atoms with Crippen LogP contribution in [-0.4, -0.2) is 48.1 Å². The summed E-state index contributed by atoms with van der Waals surface area (Å²) in [7, 11) is 0. The standard InChI is InChI=1S/C7H13NO4.C2H4O2.H2O.H2/c1-7(2,3)12-6(10)8-11-5-4-9;3-1-2-4;;/h4H,5H2,1-3H3,(H,8,10);1,4H,2H2;1H2;1H. The SMILES string of the molecule is CC(C)(C)OC(=O)NOCC=O.O.O=CCO.[HH]. The Bertz CT molecular complexity index is 217. The molecule has 0 bridgehead atoms. The Balaban J connectivity index is -0.000000143. The lowest BCUT2D eigenvalue weighted by Crippen LogP contribution is -2.32. The molecule has 0 atom stereocenters. The summed E-state index contributed by atoms with van der Waals surface area (Å²) in [4.78, 5) is 33.8. The van der Waals surface area contributed by atoms with E-state index in [1.807, 2.05) is 5.48 Å². The number of hydrogen-bond acceptors (Lipinski definition) is 6. The van der Waals surface area contributed by atoms with Crippen molar-refractivity contribution < 1.29 is 36.0 Å². The van der Waals surface area contributed by atoms with E-state index in [2.05, 4.69) is 4.84 Å². The number of nitrogens with one attached hydrogen (secondary N) is 1. The lowest BCUT2D eigenvalue weighted by Gasteiger charge is -2.18. The van der Waals surface area contributed by atoms with Crippen LogP contribution in [0, 0.1) is 0 Å². The molecule has 0 aliphatic rings. The van der Waals surface area contributed by atoms with E-state index in [-0.39, 0.29) is 20.1 Å². The Kier molecular flexibility index (Phi) is 15.4. The summed E-state index contributed by atoms with van der Waals surface area (Å²) in [5, 5.41) is 7.51. The van der Waals surface area contributed by atoms with Gasteiger partial charge in [0.25, 0.3) is 0 Å². The number of amides is 1. The van der Waals surface area contributed by atoms with Crippen LogP contribution in [-0.2, 0) is 19.2 Å². The number of carbonyl (C=O) groups is 3. The lowest BCUT2D eigenvalue weighted by atomic mass is 10.2. The van der Waals surface area contributed by atoms with Crippen LogP contribution in [0.15, 0.2) is 0 Å². The number of aliphatic hydroxyl groups is 1. The van der Waals surface area contributed by atoms with Crippen LogP contribution in [0.4, 0.5) is 4.79 Å². The molecule has 0 unspecified atom stereocenters. The normalized spacial score (nSPS) is 8.94. The van der Waals surface area contributed by atoms with Gasteiger partial charge in [-0.2, -0.15) is 5.48 Å². The Labute approximate surface area is 101 Å². The van der Waals surface area contributed by atoms with E-state index in [4.69, 9.17) is 14.6 Å². The van der Waals surface area contributed by atoms with Crippen LogP contribution in [0.25, 0.3) is 0 Å². The van der Waals surface area contributed by atoms with Gasteiger partial charge in [0.1, 0.15) is 24.8 Å². The summed E-state index contributed by atoms with van der Waals surface area (Å²) in [5.74, 6) is 0. The van der Waals surface area contributed by atoms with Crippen molar-refractivity contribution in [1.29, 1.82) is 0 Å². The van der Waals surface area contributed by atoms with Crippen molar-refractivity contribution in [3.05, 3.63) is 0 Å². The van der Waals surface area contributed by atoms with Crippen molar-refractivity contribution in [3.63, 3.8) is 0 Å². The first kappa shape index (κ1) is 20.8. The second kappa shape index (κ2) is 12.6. The first-order valence-electron chi connectivity index (χ1n) is 4.46. The van der Waals surface area contributed by atoms with E-state index in [9.17, 15) is 9.59 Å². The number of aldehydes is 2. The van der Waals surface area contributed by atoms with Crippen LogP contribution >= 0.6 is 0 Å². The zero-order valence-electron chi connectivity index (χ0n) is 10.1. The topological polar surface area (TPSA) is 133 Å². The van der Waals surface area contributed by atoms with Crippen LogP contribution < -0.4 is 5.48 Å². The van der Waals surface area contributed by atoms with Crippen molar-refractivity contribution in [2.45, 2.75) is 26.4 Å². The maximum absolute atomic E-state index is 10.8. The van der Waals surface area contributed by atoms with Crippen molar-refractivity contribution in [2.75, 3.05) is 13.2 Å². The average Bonchev–Trinajstić information content (AvgIpc) is 2.16. The van der Waals surface area contributed by atoms with E-state index in [1.54, 1.807) is 20.8 Å². The van der Waals surface area contributed by atoms with Crippen molar-refractivity contribution in [1.82, 2.24) is 5.48 Å². The lowest BCUT2D eigenvalue weighted by molar-refractivity contribution is -0.114. The summed E-state index contributed by atoms with van der Waals surface area (Å²) >= 11 is 0. The third-order valence-corrected chi connectivity index (χ3v) is 0.780. The highest BCUT2D eigenvalue weighted by molar-refractivity contribution is 5.66. The number of carbonyl (C=O) groups excluding carboxylic acids is 3. The molecule has 0 saturated heterocycles. The number of hydrogen-bond donors (Lipinski definition) is 2. The number of rotatable bonds is 4. The molecule has 0 aliphatic carbocycles. The molecule has 4 N–H and O–H groups in total. The van der Waals surface area contributed by atoms with Gasteiger partial charge in [-0.3, -0.25) is 4.84 Å². The molecule has 0 heterocycles. The van der Waals surface area contributed by atoms with Gasteiger partial charge in [0.05, 0.1) is 6.61 Å². The third kappa shape index (κ3) is 25.1. The predicted octanol–water partition coefficient (Wildman–Crippen LogP) is -0.760. The van der Waals surface area contributed by atoms with Gasteiger partial charge < -0.3 is 24.9 Å². The highest BCUT2D eigenvalue weighted by atomic mass is 16.7. The zero-order valence-corrected chi connectivity index (χ0v) is 10.1. The molecule has 0 aromatic carbocycles. The fourth-order valence-corrected chi connectivity index (χ4v) is 0.434. The van der Waals surface area contributed by atoms with Gasteiger partial charge in [-0.25, -0.2) is 4.79 Å². The minimum Gasteiger partial charge on any atom is -0.442 e. The molecule has 0 spiro atoms. The maximum atomic E-state index is 10.8. The Morgan fingerprint density at radius 1 is 1.35 bits per heavy atom. The molecule has 8 heteroatoms. The first-order chi connectivity index (χ1) is 7.37. The van der Waals surface area contributed by atoms with E-state index in [0.717, 1.165) is 0 Å². The molecule has 0 fully saturated rings. The van der Waals surface area contributed by atoms with Gasteiger partial charge in [0.15, 0.2) is 0 Å². The second-order valence-corrected chi connectivity index (χ2v) is 3.43. The Hall–Kier alpha value is -1.51. The van der Waals surface area contributed by atoms with Gasteiger partial charge in [0.2, 0.25) is 0 Å². The molecule has 0 radical (unpaired) electrons. The van der Waals surface area contributed by atoms with E-state index in [0.29, 0.717) is 12.6 Å². The summed E-state index contributed by atoms with van der Waals surface area (Å²) in [6, 6.07) is 0. The minimum atomic E-state index is -0.704. The zero-order chi connectivity index (χ0) is 13.0. The van der Waals surface area contributed by atoms with Crippen LogP contribution in [0.2, 0.25) is 0 Å². The van der Waals surface area contributed by atoms with E-state index < -0.39 is 11.7 Å². The summed E-state index contributed by atoms with van der Waals surface area (Å²) in [6.07, 6.45) is 0.251. The monoisotopic (exact) mass is 255 g/mol. The van der Waals surface area contributed by atoms with Gasteiger partial charge in [-0.05, 0) is 20.8 Å². The molecule has 0 aromatic rings. The fourth-order valence-electron chi connectivity index (χ4n) is 0.434. The fraction of sp³-hybridized carbons (Fsp3) is 0.667. The predicted molar refractivity (Wildman–Crippen MR) is 60.3 cm³/mol. The highest BCUT2D eigenvalue weighted by Crippen LogP contribution is 2.05. The summed E-state index contributed by atoms with van der Waals surface area (Å²) in [6.45, 7) is 4.64.